The van der Waals surface area contributed by atoms with Crippen molar-refractivity contribution in [3.63, 3.8) is 0 Å². The van der Waals surface area contributed by atoms with Crippen LogP contribution in [0, 0.1) is 10.1 Å². The number of hydrogen-bond acceptors (Lipinski definition) is 8. The molecule has 0 aliphatic carbocycles. The van der Waals surface area contributed by atoms with Gasteiger partial charge in [-0.05, 0) is 24.0 Å². The van der Waals surface area contributed by atoms with Crippen molar-refractivity contribution in [2.75, 3.05) is 23.8 Å². The average molecular weight is 470 g/mol. The first-order valence-electron chi connectivity index (χ1n) is 8.46. The van der Waals surface area contributed by atoms with Crippen LogP contribution in [-0.4, -0.2) is 50.1 Å². The van der Waals surface area contributed by atoms with Gasteiger partial charge >= 0.3 is 12.1 Å². The van der Waals surface area contributed by atoms with E-state index in [0.717, 1.165) is 29.9 Å². The number of benzene rings is 1. The van der Waals surface area contributed by atoms with Crippen LogP contribution in [0.25, 0.3) is 0 Å². The van der Waals surface area contributed by atoms with E-state index in [-0.39, 0.29) is 23.1 Å². The van der Waals surface area contributed by atoms with E-state index in [2.05, 4.69) is 0 Å². The fourth-order valence-corrected chi connectivity index (χ4v) is 7.43. The molecule has 1 saturated heterocycles. The number of halogens is 3. The highest BCUT2D eigenvalue weighted by Gasteiger charge is 2.52. The van der Waals surface area contributed by atoms with Gasteiger partial charge in [-0.25, -0.2) is 0 Å². The van der Waals surface area contributed by atoms with Crippen LogP contribution in [-0.2, 0) is 9.59 Å². The van der Waals surface area contributed by atoms with Gasteiger partial charge in [0.2, 0.25) is 11.7 Å². The first-order valence-corrected chi connectivity index (χ1v) is 11.4. The molecule has 160 valence electrons. The van der Waals surface area contributed by atoms with Gasteiger partial charge in [0, 0.05) is 17.4 Å². The molecule has 0 N–H and O–H groups in total. The van der Waals surface area contributed by atoms with Gasteiger partial charge in [0.25, 0.3) is 0 Å². The lowest BCUT2D eigenvalue weighted by Crippen LogP contribution is -2.43. The third kappa shape index (κ3) is 6.54. The summed E-state index contributed by atoms with van der Waals surface area (Å²) in [6.07, 6.45) is -3.81. The van der Waals surface area contributed by atoms with Gasteiger partial charge in [0.05, 0.1) is 11.7 Å². The van der Waals surface area contributed by atoms with E-state index in [1.807, 2.05) is 0 Å². The Morgan fingerprint density at radius 3 is 2.48 bits per heavy atom. The summed E-state index contributed by atoms with van der Waals surface area (Å²) in [7, 11) is 0. The molecule has 0 saturated carbocycles. The number of rotatable bonds is 7. The van der Waals surface area contributed by atoms with E-state index in [1.54, 1.807) is 12.1 Å². The normalized spacial score (nSPS) is 17.4. The van der Waals surface area contributed by atoms with Crippen LogP contribution in [0.1, 0.15) is 24.8 Å². The molecule has 1 fully saturated rings. The molecule has 0 spiro atoms. The zero-order chi connectivity index (χ0) is 21.7. The number of thioether (sulfide) groups is 3. The second-order valence-electron chi connectivity index (χ2n) is 6.11. The maximum Gasteiger partial charge on any atom is 0.398 e. The van der Waals surface area contributed by atoms with Gasteiger partial charge in [-0.3, -0.25) is 19.7 Å². The lowest BCUT2D eigenvalue weighted by atomic mass is 9.94. The fraction of sp³-hybridized carbons (Fsp3) is 0.529. The molecule has 0 bridgehead atoms. The molecule has 1 aliphatic rings. The standard InChI is InChI=1S/C17H18F3NO5S3/c1-11(22)26-14-6-3-2-5-12(14)13(9-21(24)25)17(28-7-4-8-29-17)15(23)27-10-16(18,19)20/h2-3,5-6,13H,4,7-10H2,1H3/t13-/m1/s1. The van der Waals surface area contributed by atoms with E-state index in [1.165, 1.54) is 19.1 Å². The van der Waals surface area contributed by atoms with E-state index < -0.39 is 44.5 Å². The van der Waals surface area contributed by atoms with E-state index in [4.69, 9.17) is 4.74 Å². The topological polar surface area (TPSA) is 86.5 Å². The molecule has 2 rings (SSSR count). The first-order chi connectivity index (χ1) is 13.5. The number of alkyl halides is 3. The van der Waals surface area contributed by atoms with Gasteiger partial charge < -0.3 is 4.74 Å². The van der Waals surface area contributed by atoms with Crippen LogP contribution in [0.15, 0.2) is 24.3 Å². The van der Waals surface area contributed by atoms with Crippen LogP contribution in [0.4, 0.5) is 13.2 Å². The molecule has 1 aromatic carbocycles. The average Bonchev–Trinajstić information content (AvgIpc) is 2.64. The first kappa shape index (κ1) is 23.9. The second kappa shape index (κ2) is 10.1. The molecule has 12 heteroatoms. The Balaban J connectivity index is 2.52. The number of para-hydroxylation sites is 1. The molecular formula is C17H18F3NO5S3. The van der Waals surface area contributed by atoms with Crippen LogP contribution in [0.2, 0.25) is 0 Å². The summed E-state index contributed by atoms with van der Waals surface area (Å²) in [5, 5.41) is 10.7. The third-order valence-electron chi connectivity index (χ3n) is 3.91. The predicted molar refractivity (Wildman–Crippen MR) is 108 cm³/mol. The molecule has 1 atom stereocenters. The number of hydrogen-bond donors (Lipinski definition) is 0. The Labute approximate surface area is 177 Å². The summed E-state index contributed by atoms with van der Waals surface area (Å²) in [5.41, 5.74) is 0.252. The summed E-state index contributed by atoms with van der Waals surface area (Å²) in [6.45, 7) is 0.486. The Hall–Kier alpha value is -1.40. The van der Waals surface area contributed by atoms with Crippen molar-refractivity contribution in [2.24, 2.45) is 0 Å². The van der Waals surface area contributed by atoms with Crippen molar-refractivity contribution in [2.45, 2.75) is 29.5 Å². The number of ether oxygens (including phenoxy) is 1. The summed E-state index contributed by atoms with van der Waals surface area (Å²) >= 11 is 2.37. The van der Waals surface area contributed by atoms with Crippen molar-refractivity contribution < 1.29 is 32.4 Å². The summed E-state index contributed by atoms with van der Waals surface area (Å²) in [4.78, 5) is 35.3. The van der Waals surface area contributed by atoms with Crippen LogP contribution >= 0.6 is 35.3 Å². The van der Waals surface area contributed by atoms with Gasteiger partial charge in [-0.15, -0.1) is 23.5 Å². The largest absolute Gasteiger partial charge is 0.426 e. The van der Waals surface area contributed by atoms with E-state index in [0.29, 0.717) is 11.5 Å². The van der Waals surface area contributed by atoms with Crippen LogP contribution < -0.4 is 4.74 Å². The Morgan fingerprint density at radius 2 is 1.93 bits per heavy atom. The summed E-state index contributed by atoms with van der Waals surface area (Å²) < 4.78 is 41.8. The minimum absolute atomic E-state index is 0.0617. The fourth-order valence-electron chi connectivity index (χ4n) is 2.85. The minimum atomic E-state index is -4.54. The van der Waals surface area contributed by atoms with Gasteiger partial charge in [0.1, 0.15) is 9.83 Å². The molecule has 0 aromatic heterocycles. The van der Waals surface area contributed by atoms with Gasteiger partial charge in [-0.1, -0.05) is 30.0 Å². The van der Waals surface area contributed by atoms with Gasteiger partial charge in [-0.2, -0.15) is 13.2 Å². The highest BCUT2D eigenvalue weighted by atomic mass is 32.2. The van der Waals surface area contributed by atoms with Crippen molar-refractivity contribution in [3.8, 4) is 5.75 Å². The second-order valence-corrected chi connectivity index (χ2v) is 10.00. The Bertz CT molecular complexity index is 769. The lowest BCUT2D eigenvalue weighted by Gasteiger charge is -2.39. The quantitative estimate of drug-likeness (QED) is 0.252. The lowest BCUT2D eigenvalue weighted by molar-refractivity contribution is -0.483. The Kier molecular flexibility index (Phi) is 8.29. The predicted octanol–water partition coefficient (Wildman–Crippen LogP) is 4.36. The zero-order valence-electron chi connectivity index (χ0n) is 15.3. The molecule has 6 nitrogen and oxygen atoms in total. The molecule has 1 aromatic rings. The molecule has 0 radical (unpaired) electrons. The summed E-state index contributed by atoms with van der Waals surface area (Å²) in [5.74, 6) is -2.06. The SMILES string of the molecule is CC(=O)Oc1ccccc1[C@@H](C[N+](=O)[O-])C1(C(=O)SCC(F)(F)F)SCCCS1. The Morgan fingerprint density at radius 1 is 1.31 bits per heavy atom. The maximum absolute atomic E-state index is 13.0. The number of carbonyl (C=O) groups excluding carboxylic acids is 2. The molecule has 29 heavy (non-hydrogen) atoms. The number of nitro groups is 1. The van der Waals surface area contributed by atoms with Crippen LogP contribution in [0.5, 0.6) is 5.75 Å². The maximum atomic E-state index is 13.0. The highest BCUT2D eigenvalue weighted by Crippen LogP contribution is 2.55. The summed E-state index contributed by atoms with van der Waals surface area (Å²) in [6, 6.07) is 6.10. The number of esters is 1. The van der Waals surface area contributed by atoms with E-state index >= 15 is 0 Å². The van der Waals surface area contributed by atoms with Crippen molar-refractivity contribution in [3.05, 3.63) is 39.9 Å². The monoisotopic (exact) mass is 469 g/mol. The van der Waals surface area contributed by atoms with Crippen molar-refractivity contribution in [1.29, 1.82) is 0 Å². The molecule has 0 unspecified atom stereocenters. The number of nitrogens with zero attached hydrogens (tertiary/aromatic N) is 1. The molecular weight excluding hydrogens is 451 g/mol. The molecule has 1 heterocycles. The smallest absolute Gasteiger partial charge is 0.398 e. The van der Waals surface area contributed by atoms with Crippen LogP contribution in [0.3, 0.4) is 0 Å². The third-order valence-corrected chi connectivity index (χ3v) is 8.72. The molecule has 1 aliphatic heterocycles. The van der Waals surface area contributed by atoms with E-state index in [9.17, 15) is 32.9 Å². The van der Waals surface area contributed by atoms with Gasteiger partial charge in [0.15, 0.2) is 0 Å². The minimum Gasteiger partial charge on any atom is -0.426 e. The van der Waals surface area contributed by atoms with Crippen molar-refractivity contribution >= 4 is 46.4 Å². The number of carbonyl (C=O) groups is 2. The molecule has 0 amide bonds. The zero-order valence-corrected chi connectivity index (χ0v) is 17.7. The highest BCUT2D eigenvalue weighted by molar-refractivity contribution is 8.25. The van der Waals surface area contributed by atoms with Crippen molar-refractivity contribution in [1.82, 2.24) is 0 Å².